The molecular weight excluding hydrogens is 450 g/mol. The second-order valence-electron chi connectivity index (χ2n) is 9.87. The van der Waals surface area contributed by atoms with E-state index in [0.717, 1.165) is 42.6 Å². The molecule has 3 aliphatic rings. The third kappa shape index (κ3) is 3.98. The van der Waals surface area contributed by atoms with Gasteiger partial charge in [0.1, 0.15) is 5.69 Å². The summed E-state index contributed by atoms with van der Waals surface area (Å²) in [5, 5.41) is 10.1. The van der Waals surface area contributed by atoms with E-state index in [9.17, 15) is 4.79 Å². The van der Waals surface area contributed by atoms with Crippen LogP contribution in [-0.4, -0.2) is 32.4 Å². The highest BCUT2D eigenvalue weighted by molar-refractivity contribution is 5.93. The van der Waals surface area contributed by atoms with Crippen LogP contribution in [-0.2, 0) is 6.42 Å². The minimum atomic E-state index is -0.532. The Hall–Kier alpha value is -4.20. The number of allylic oxidation sites excluding steroid dienone is 1. The lowest BCUT2D eigenvalue weighted by Gasteiger charge is -2.39. The average Bonchev–Trinajstić information content (AvgIpc) is 2.90. The van der Waals surface area contributed by atoms with Gasteiger partial charge < -0.3 is 21.7 Å². The van der Waals surface area contributed by atoms with Crippen molar-refractivity contribution >= 4 is 23.2 Å². The Morgan fingerprint density at radius 1 is 1.19 bits per heavy atom. The van der Waals surface area contributed by atoms with Crippen LogP contribution in [0.4, 0.5) is 17.3 Å². The van der Waals surface area contributed by atoms with Crippen LogP contribution in [0.1, 0.15) is 64.5 Å². The average molecular weight is 480 g/mol. The Balaban J connectivity index is 1.20. The van der Waals surface area contributed by atoms with Gasteiger partial charge in [-0.25, -0.2) is 15.0 Å². The number of nitrogens with one attached hydrogen (secondary N) is 3. The molecule has 1 saturated carbocycles. The zero-order chi connectivity index (χ0) is 24.7. The van der Waals surface area contributed by atoms with E-state index in [0.29, 0.717) is 23.8 Å². The number of aromatic nitrogens is 3. The number of carbonyl (C=O) groups excluding carboxylic acids is 1. The lowest BCUT2D eigenvalue weighted by Crippen LogP contribution is -2.52. The molecule has 0 radical (unpaired) electrons. The van der Waals surface area contributed by atoms with Crippen LogP contribution in [0.5, 0.6) is 0 Å². The van der Waals surface area contributed by atoms with Gasteiger partial charge >= 0.3 is 0 Å². The number of carbonyl (C=O) groups is 1. The second-order valence-corrected chi connectivity index (χ2v) is 9.87. The minimum absolute atomic E-state index is 0.101. The van der Waals surface area contributed by atoms with Crippen LogP contribution in [0.25, 0.3) is 0 Å². The molecule has 2 aliphatic carbocycles. The molecular formula is C28H29N7O. The highest BCUT2D eigenvalue weighted by Gasteiger charge is 2.36. The minimum Gasteiger partial charge on any atom is -0.397 e. The molecule has 0 saturated heterocycles. The lowest BCUT2D eigenvalue weighted by atomic mass is 9.78. The number of benzene rings is 1. The number of amides is 1. The first-order chi connectivity index (χ1) is 17.5. The van der Waals surface area contributed by atoms with Crippen LogP contribution in [0.3, 0.4) is 0 Å². The molecule has 3 heterocycles. The van der Waals surface area contributed by atoms with Crippen LogP contribution in [0.15, 0.2) is 67.7 Å². The van der Waals surface area contributed by atoms with Gasteiger partial charge in [0.2, 0.25) is 5.95 Å². The second kappa shape index (κ2) is 8.78. The molecule has 36 heavy (non-hydrogen) atoms. The Morgan fingerprint density at radius 3 is 2.94 bits per heavy atom. The van der Waals surface area contributed by atoms with E-state index < -0.39 is 5.54 Å². The molecule has 5 N–H and O–H groups in total. The number of hydrogen-bond donors (Lipinski definition) is 4. The summed E-state index contributed by atoms with van der Waals surface area (Å²) in [6.45, 7) is 4.05. The third-order valence-electron chi connectivity index (χ3n) is 7.50. The van der Waals surface area contributed by atoms with Gasteiger partial charge in [0, 0.05) is 30.3 Å². The first-order valence-corrected chi connectivity index (χ1v) is 12.4. The van der Waals surface area contributed by atoms with Crippen molar-refractivity contribution in [1.82, 2.24) is 20.3 Å². The topological polar surface area (TPSA) is 118 Å². The largest absolute Gasteiger partial charge is 0.397 e. The molecule has 0 bridgehead atoms. The maximum absolute atomic E-state index is 12.9. The molecule has 182 valence electrons. The summed E-state index contributed by atoms with van der Waals surface area (Å²) in [5.74, 6) is 0.515. The summed E-state index contributed by atoms with van der Waals surface area (Å²) < 4.78 is 0. The van der Waals surface area contributed by atoms with E-state index in [4.69, 9.17) is 10.7 Å². The maximum Gasteiger partial charge on any atom is 0.270 e. The predicted molar refractivity (Wildman–Crippen MR) is 141 cm³/mol. The molecule has 3 atom stereocenters. The molecule has 1 aromatic carbocycles. The Labute approximate surface area is 210 Å². The fourth-order valence-corrected chi connectivity index (χ4v) is 5.71. The van der Waals surface area contributed by atoms with Gasteiger partial charge in [-0.2, -0.15) is 0 Å². The van der Waals surface area contributed by atoms with E-state index in [1.54, 1.807) is 12.1 Å². The van der Waals surface area contributed by atoms with Crippen molar-refractivity contribution in [3.05, 3.63) is 95.7 Å². The highest BCUT2D eigenvalue weighted by Crippen LogP contribution is 2.42. The Morgan fingerprint density at radius 2 is 2.11 bits per heavy atom. The molecule has 6 rings (SSSR count). The van der Waals surface area contributed by atoms with Crippen LogP contribution in [0, 0.1) is 0 Å². The van der Waals surface area contributed by atoms with E-state index >= 15 is 0 Å². The number of nitrogen functional groups attached to an aromatic ring is 1. The van der Waals surface area contributed by atoms with Crippen molar-refractivity contribution < 1.29 is 4.79 Å². The van der Waals surface area contributed by atoms with Crippen molar-refractivity contribution in [2.75, 3.05) is 16.4 Å². The highest BCUT2D eigenvalue weighted by atomic mass is 16.2. The predicted octanol–water partition coefficient (Wildman–Crippen LogP) is 4.14. The number of fused-ring (bicyclic) bond motifs is 2. The van der Waals surface area contributed by atoms with Gasteiger partial charge in [0.05, 0.1) is 23.1 Å². The normalized spacial score (nSPS) is 23.6. The standard InChI is InChI=1S/C28H29N7O/c1-2-28(35-26(36)23-9-8-19(29)16-31-23)11-4-6-20(14-28)33-27-32-15-18-13-17-5-3-7-22-24(17)21(10-12-30-22)25(18)34-27/h2-3,5,7-10,12,15-16,20-21,30H,1,4,6,11,13-14,29H2,(H,35,36)(H,32,33,34)/t20-,21?,28-/m1/s1. The van der Waals surface area contributed by atoms with Gasteiger partial charge in [0.15, 0.2) is 0 Å². The van der Waals surface area contributed by atoms with Crippen LogP contribution >= 0.6 is 0 Å². The van der Waals surface area contributed by atoms with Gasteiger partial charge in [-0.1, -0.05) is 24.3 Å². The smallest absolute Gasteiger partial charge is 0.270 e. The first kappa shape index (κ1) is 22.3. The number of rotatable bonds is 5. The zero-order valence-corrected chi connectivity index (χ0v) is 20.0. The summed E-state index contributed by atoms with van der Waals surface area (Å²) >= 11 is 0. The molecule has 3 aromatic rings. The fourth-order valence-electron chi connectivity index (χ4n) is 5.71. The molecule has 2 aromatic heterocycles. The van der Waals surface area contributed by atoms with Gasteiger partial charge in [-0.05, 0) is 66.8 Å². The van der Waals surface area contributed by atoms with Crippen molar-refractivity contribution in [3.63, 3.8) is 0 Å². The molecule has 1 unspecified atom stereocenters. The van der Waals surface area contributed by atoms with Gasteiger partial charge in [0.25, 0.3) is 5.91 Å². The Bertz CT molecular complexity index is 1370. The number of hydrogen-bond acceptors (Lipinski definition) is 7. The van der Waals surface area contributed by atoms with Crippen molar-refractivity contribution in [1.29, 1.82) is 0 Å². The molecule has 1 amide bonds. The zero-order valence-electron chi connectivity index (χ0n) is 20.0. The number of nitrogens with zero attached hydrogens (tertiary/aromatic N) is 3. The summed E-state index contributed by atoms with van der Waals surface area (Å²) in [4.78, 5) is 26.7. The molecule has 0 spiro atoms. The first-order valence-electron chi connectivity index (χ1n) is 12.4. The number of nitrogens with two attached hydrogens (primary N) is 1. The lowest BCUT2D eigenvalue weighted by molar-refractivity contribution is 0.0891. The molecule has 1 aliphatic heterocycles. The van der Waals surface area contributed by atoms with E-state index in [2.05, 4.69) is 56.8 Å². The Kier molecular flexibility index (Phi) is 5.44. The molecule has 8 heteroatoms. The SMILES string of the molecule is C=C[C@@]1(NC(=O)c2ccc(N)cn2)CCC[C@@H](Nc2ncc3c(n2)C2C=CNc4cccc(c42)C3)C1. The summed E-state index contributed by atoms with van der Waals surface area (Å²) in [5.41, 5.74) is 12.0. The fraction of sp³-hybridized carbons (Fsp3) is 0.286. The number of pyridine rings is 1. The van der Waals surface area contributed by atoms with Crippen molar-refractivity contribution in [2.24, 2.45) is 0 Å². The monoisotopic (exact) mass is 479 g/mol. The molecule has 1 fully saturated rings. The molecule has 8 nitrogen and oxygen atoms in total. The maximum atomic E-state index is 12.9. The quantitative estimate of drug-likeness (QED) is 0.406. The van der Waals surface area contributed by atoms with Crippen LogP contribution in [0.2, 0.25) is 0 Å². The van der Waals surface area contributed by atoms with Gasteiger partial charge in [-0.3, -0.25) is 4.79 Å². The van der Waals surface area contributed by atoms with Crippen molar-refractivity contribution in [2.45, 2.75) is 49.6 Å². The van der Waals surface area contributed by atoms with E-state index in [-0.39, 0.29) is 17.9 Å². The van der Waals surface area contributed by atoms with E-state index in [1.165, 1.54) is 17.3 Å². The van der Waals surface area contributed by atoms with E-state index in [1.807, 2.05) is 18.5 Å². The summed E-state index contributed by atoms with van der Waals surface area (Å²) in [6, 6.07) is 9.82. The summed E-state index contributed by atoms with van der Waals surface area (Å²) in [6.07, 6.45) is 13.7. The summed E-state index contributed by atoms with van der Waals surface area (Å²) in [7, 11) is 0. The number of anilines is 3. The third-order valence-corrected chi connectivity index (χ3v) is 7.50. The van der Waals surface area contributed by atoms with Crippen molar-refractivity contribution in [3.8, 4) is 0 Å². The van der Waals surface area contributed by atoms with Gasteiger partial charge in [-0.15, -0.1) is 6.58 Å². The van der Waals surface area contributed by atoms with Crippen LogP contribution < -0.4 is 21.7 Å².